The predicted molar refractivity (Wildman–Crippen MR) is 60.4 cm³/mol. The Labute approximate surface area is 89.1 Å². The van der Waals surface area contributed by atoms with Crippen molar-refractivity contribution in [2.45, 2.75) is 18.2 Å². The Bertz CT molecular complexity index is 370. The summed E-state index contributed by atoms with van der Waals surface area (Å²) in [5.41, 5.74) is 1.04. The molecule has 0 aliphatic carbocycles. The maximum Gasteiger partial charge on any atom is 0.151 e. The fourth-order valence-corrected chi connectivity index (χ4v) is 2.86. The highest BCUT2D eigenvalue weighted by atomic mass is 32.2. The molecule has 0 aliphatic rings. The quantitative estimate of drug-likeness (QED) is 0.856. The van der Waals surface area contributed by atoms with Gasteiger partial charge in [-0.05, 0) is 36.4 Å². The smallest absolute Gasteiger partial charge is 0.151 e. The normalized spacial score (nSPS) is 16.5. The number of rotatable bonds is 4. The van der Waals surface area contributed by atoms with Crippen LogP contribution in [0.2, 0.25) is 0 Å². The maximum absolute atomic E-state index is 11.4. The van der Waals surface area contributed by atoms with Gasteiger partial charge in [-0.3, -0.25) is 0 Å². The van der Waals surface area contributed by atoms with Gasteiger partial charge in [0.25, 0.3) is 0 Å². The van der Waals surface area contributed by atoms with E-state index in [2.05, 4.69) is 5.32 Å². The van der Waals surface area contributed by atoms with Gasteiger partial charge in [0.15, 0.2) is 9.84 Å². The molecule has 1 rings (SSSR count). The summed E-state index contributed by atoms with van der Waals surface area (Å²) in [6, 6.07) is 1.84. The Balaban J connectivity index is 2.94. The van der Waals surface area contributed by atoms with E-state index in [1.807, 2.05) is 16.8 Å². The molecule has 80 valence electrons. The van der Waals surface area contributed by atoms with Gasteiger partial charge in [0.05, 0.1) is 5.25 Å². The molecule has 0 aromatic carbocycles. The molecular formula is C9H15NO2S2. The summed E-state index contributed by atoms with van der Waals surface area (Å²) in [5.74, 6) is 0. The summed E-state index contributed by atoms with van der Waals surface area (Å²) in [4.78, 5) is 0. The van der Waals surface area contributed by atoms with E-state index in [4.69, 9.17) is 0 Å². The van der Waals surface area contributed by atoms with E-state index in [0.29, 0.717) is 0 Å². The Morgan fingerprint density at radius 1 is 1.50 bits per heavy atom. The minimum Gasteiger partial charge on any atom is -0.312 e. The van der Waals surface area contributed by atoms with Gasteiger partial charge in [-0.1, -0.05) is 0 Å². The average Bonchev–Trinajstić information content (AvgIpc) is 2.57. The van der Waals surface area contributed by atoms with Gasteiger partial charge in [-0.15, -0.1) is 0 Å². The van der Waals surface area contributed by atoms with Crippen LogP contribution in [0, 0.1) is 0 Å². The first kappa shape index (κ1) is 11.7. The Morgan fingerprint density at radius 3 is 2.50 bits per heavy atom. The lowest BCUT2D eigenvalue weighted by Gasteiger charge is -2.21. The lowest BCUT2D eigenvalue weighted by Crippen LogP contribution is -2.32. The predicted octanol–water partition coefficient (Wildman–Crippen LogP) is 1.44. The molecule has 0 fully saturated rings. The van der Waals surface area contributed by atoms with Crippen LogP contribution in [0.25, 0.3) is 0 Å². The van der Waals surface area contributed by atoms with E-state index in [9.17, 15) is 8.42 Å². The molecule has 3 nitrogen and oxygen atoms in total. The molecule has 0 bridgehead atoms. The minimum absolute atomic E-state index is 0.115. The van der Waals surface area contributed by atoms with E-state index >= 15 is 0 Å². The highest BCUT2D eigenvalue weighted by molar-refractivity contribution is 7.91. The third-order valence-corrected chi connectivity index (χ3v) is 4.68. The van der Waals surface area contributed by atoms with Gasteiger partial charge < -0.3 is 5.32 Å². The van der Waals surface area contributed by atoms with Crippen LogP contribution in [0.1, 0.15) is 18.5 Å². The van der Waals surface area contributed by atoms with Crippen molar-refractivity contribution in [2.24, 2.45) is 0 Å². The van der Waals surface area contributed by atoms with Gasteiger partial charge >= 0.3 is 0 Å². The standard InChI is InChI=1S/C9H15NO2S2/c1-7(14(3,11)12)9(10-2)8-4-5-13-6-8/h4-7,9-10H,1-3H3. The lowest BCUT2D eigenvalue weighted by atomic mass is 10.1. The van der Waals surface area contributed by atoms with Crippen LogP contribution < -0.4 is 5.32 Å². The molecule has 5 heteroatoms. The first-order valence-electron chi connectivity index (χ1n) is 4.35. The zero-order valence-corrected chi connectivity index (χ0v) is 10.2. The molecule has 0 spiro atoms. The van der Waals surface area contributed by atoms with Crippen molar-refractivity contribution in [1.29, 1.82) is 0 Å². The van der Waals surface area contributed by atoms with E-state index in [-0.39, 0.29) is 6.04 Å². The summed E-state index contributed by atoms with van der Waals surface area (Å²) >= 11 is 1.58. The second-order valence-corrected chi connectivity index (χ2v) is 6.54. The van der Waals surface area contributed by atoms with Crippen LogP contribution in [0.4, 0.5) is 0 Å². The van der Waals surface area contributed by atoms with Gasteiger partial charge in [-0.25, -0.2) is 8.42 Å². The highest BCUT2D eigenvalue weighted by Crippen LogP contribution is 2.23. The molecule has 1 heterocycles. The maximum atomic E-state index is 11.4. The summed E-state index contributed by atoms with van der Waals surface area (Å²) < 4.78 is 22.8. The van der Waals surface area contributed by atoms with E-state index < -0.39 is 15.1 Å². The molecule has 2 atom stereocenters. The van der Waals surface area contributed by atoms with Crippen LogP contribution in [0.5, 0.6) is 0 Å². The molecule has 2 unspecified atom stereocenters. The summed E-state index contributed by atoms with van der Waals surface area (Å²) in [7, 11) is -1.22. The van der Waals surface area contributed by atoms with Crippen molar-refractivity contribution in [3.05, 3.63) is 22.4 Å². The molecule has 1 aromatic heterocycles. The van der Waals surface area contributed by atoms with Crippen molar-refractivity contribution in [2.75, 3.05) is 13.3 Å². The third kappa shape index (κ3) is 2.56. The van der Waals surface area contributed by atoms with Crippen LogP contribution in [0.15, 0.2) is 16.8 Å². The fraction of sp³-hybridized carbons (Fsp3) is 0.556. The summed E-state index contributed by atoms with van der Waals surface area (Å²) in [6.45, 7) is 1.73. The van der Waals surface area contributed by atoms with E-state index in [0.717, 1.165) is 5.56 Å². The van der Waals surface area contributed by atoms with Gasteiger partial charge in [0, 0.05) is 12.3 Å². The SMILES string of the molecule is CNC(c1ccsc1)C(C)S(C)(=O)=O. The van der Waals surface area contributed by atoms with Crippen molar-refractivity contribution >= 4 is 21.2 Å². The Morgan fingerprint density at radius 2 is 2.14 bits per heavy atom. The molecule has 1 aromatic rings. The lowest BCUT2D eigenvalue weighted by molar-refractivity contribution is 0.536. The fourth-order valence-electron chi connectivity index (χ4n) is 1.37. The topological polar surface area (TPSA) is 46.2 Å². The molecule has 0 saturated heterocycles. The first-order chi connectivity index (χ1) is 6.46. The zero-order valence-electron chi connectivity index (χ0n) is 8.52. The monoisotopic (exact) mass is 233 g/mol. The van der Waals surface area contributed by atoms with Crippen molar-refractivity contribution in [1.82, 2.24) is 5.32 Å². The van der Waals surface area contributed by atoms with Gasteiger partial charge in [-0.2, -0.15) is 11.3 Å². The molecule has 0 aliphatic heterocycles. The highest BCUT2D eigenvalue weighted by Gasteiger charge is 2.25. The van der Waals surface area contributed by atoms with Crippen LogP contribution in [-0.2, 0) is 9.84 Å². The first-order valence-corrected chi connectivity index (χ1v) is 7.24. The zero-order chi connectivity index (χ0) is 10.8. The van der Waals surface area contributed by atoms with Crippen LogP contribution >= 0.6 is 11.3 Å². The third-order valence-electron chi connectivity index (χ3n) is 2.36. The van der Waals surface area contributed by atoms with Gasteiger partial charge in [0.2, 0.25) is 0 Å². The van der Waals surface area contributed by atoms with Crippen molar-refractivity contribution in [3.8, 4) is 0 Å². The number of hydrogen-bond acceptors (Lipinski definition) is 4. The second kappa shape index (κ2) is 4.42. The van der Waals surface area contributed by atoms with Crippen molar-refractivity contribution in [3.63, 3.8) is 0 Å². The molecule has 1 N–H and O–H groups in total. The number of nitrogens with one attached hydrogen (secondary N) is 1. The molecule has 0 radical (unpaired) electrons. The van der Waals surface area contributed by atoms with Gasteiger partial charge in [0.1, 0.15) is 0 Å². The average molecular weight is 233 g/mol. The van der Waals surface area contributed by atoms with E-state index in [1.54, 1.807) is 25.3 Å². The van der Waals surface area contributed by atoms with Crippen LogP contribution in [0.3, 0.4) is 0 Å². The number of thiophene rings is 1. The molecule has 0 amide bonds. The second-order valence-electron chi connectivity index (χ2n) is 3.36. The Kier molecular flexibility index (Phi) is 3.69. The number of sulfone groups is 1. The summed E-state index contributed by atoms with van der Waals surface area (Å²) in [5, 5.41) is 6.57. The van der Waals surface area contributed by atoms with Crippen molar-refractivity contribution < 1.29 is 8.42 Å². The van der Waals surface area contributed by atoms with Crippen LogP contribution in [-0.4, -0.2) is 27.0 Å². The molecule has 14 heavy (non-hydrogen) atoms. The Hall–Kier alpha value is -0.390. The minimum atomic E-state index is -3.00. The summed E-state index contributed by atoms with van der Waals surface area (Å²) in [6.07, 6.45) is 1.27. The van der Waals surface area contributed by atoms with E-state index in [1.165, 1.54) is 6.26 Å². The molecular weight excluding hydrogens is 218 g/mol. The number of hydrogen-bond donors (Lipinski definition) is 1. The largest absolute Gasteiger partial charge is 0.312 e. The molecule has 0 saturated carbocycles.